The standard InChI is InChI=1S/C33H34ClN3O4/c34-28-17-23(27(15-20-3-1-2-4-20)29-11-10-26(21-5-6-21)32(39)36-29)8-7-22(28)9-12-31(38)37-14-13-24-16-25(33(40)41)18-35-30(24)19-37/h7-8,10-11,15-18,20-21H,1-6,9,12-14,19H2,(H,36,39)(H,40,41)/b27-15+. The number of hydrogen-bond donors (Lipinski definition) is 2. The maximum absolute atomic E-state index is 13.1. The first-order valence-corrected chi connectivity index (χ1v) is 15.0. The average Bonchev–Trinajstić information content (AvgIpc) is 3.68. The maximum atomic E-state index is 13.1. The lowest BCUT2D eigenvalue weighted by atomic mass is 9.94. The highest BCUT2D eigenvalue weighted by atomic mass is 35.5. The number of carbonyl (C=O) groups is 2. The number of aromatic nitrogens is 2. The third-order valence-electron chi connectivity index (χ3n) is 8.67. The van der Waals surface area contributed by atoms with Crippen LogP contribution in [0.15, 0.2) is 53.5 Å². The van der Waals surface area contributed by atoms with Crippen LogP contribution in [-0.2, 0) is 24.2 Å². The van der Waals surface area contributed by atoms with Gasteiger partial charge in [0.2, 0.25) is 5.91 Å². The van der Waals surface area contributed by atoms with Crippen LogP contribution in [0.3, 0.4) is 0 Å². The number of carboxylic acid groups (broad SMARTS) is 1. The second-order valence-corrected chi connectivity index (χ2v) is 12.0. The summed E-state index contributed by atoms with van der Waals surface area (Å²) < 4.78 is 0. The van der Waals surface area contributed by atoms with Crippen LogP contribution in [0.4, 0.5) is 0 Å². The summed E-state index contributed by atoms with van der Waals surface area (Å²) in [4.78, 5) is 46.3. The van der Waals surface area contributed by atoms with Gasteiger partial charge in [0.05, 0.1) is 17.8 Å². The van der Waals surface area contributed by atoms with Crippen molar-refractivity contribution in [1.29, 1.82) is 0 Å². The van der Waals surface area contributed by atoms with Crippen LogP contribution in [0.25, 0.3) is 5.57 Å². The Labute approximate surface area is 244 Å². The summed E-state index contributed by atoms with van der Waals surface area (Å²) in [6.07, 6.45) is 12.0. The molecule has 2 fully saturated rings. The van der Waals surface area contributed by atoms with Crippen molar-refractivity contribution in [3.05, 3.63) is 103 Å². The second-order valence-electron chi connectivity index (χ2n) is 11.6. The van der Waals surface area contributed by atoms with Crippen LogP contribution < -0.4 is 5.56 Å². The van der Waals surface area contributed by atoms with Crippen LogP contribution in [0.2, 0.25) is 5.02 Å². The van der Waals surface area contributed by atoms with E-state index < -0.39 is 5.97 Å². The number of hydrogen-bond acceptors (Lipinski definition) is 4. The lowest BCUT2D eigenvalue weighted by Gasteiger charge is -2.28. The van der Waals surface area contributed by atoms with Crippen molar-refractivity contribution in [1.82, 2.24) is 14.9 Å². The van der Waals surface area contributed by atoms with Gasteiger partial charge in [0, 0.05) is 41.0 Å². The van der Waals surface area contributed by atoms with Gasteiger partial charge in [0.1, 0.15) is 0 Å². The first-order chi connectivity index (χ1) is 19.9. The zero-order valence-electron chi connectivity index (χ0n) is 23.0. The Hall–Kier alpha value is -3.71. The number of allylic oxidation sites excluding steroid dienone is 1. The minimum absolute atomic E-state index is 0.00131. The van der Waals surface area contributed by atoms with Crippen molar-refractivity contribution in [2.45, 2.75) is 70.3 Å². The third kappa shape index (κ3) is 6.15. The molecule has 0 unspecified atom stereocenters. The molecular weight excluding hydrogens is 538 g/mol. The van der Waals surface area contributed by atoms with Crippen LogP contribution in [0.1, 0.15) is 94.9 Å². The highest BCUT2D eigenvalue weighted by Crippen LogP contribution is 2.39. The van der Waals surface area contributed by atoms with Crippen LogP contribution >= 0.6 is 11.6 Å². The fourth-order valence-electron chi connectivity index (χ4n) is 6.12. The highest BCUT2D eigenvalue weighted by molar-refractivity contribution is 6.31. The molecule has 2 saturated carbocycles. The fraction of sp³-hybridized carbons (Fsp3) is 0.394. The number of rotatable bonds is 8. The summed E-state index contributed by atoms with van der Waals surface area (Å²) in [7, 11) is 0. The van der Waals surface area contributed by atoms with E-state index in [-0.39, 0.29) is 17.0 Å². The van der Waals surface area contributed by atoms with E-state index >= 15 is 0 Å². The molecule has 0 atom stereocenters. The van der Waals surface area contributed by atoms with Crippen LogP contribution in [0, 0.1) is 5.92 Å². The van der Waals surface area contributed by atoms with E-state index in [2.05, 4.69) is 16.0 Å². The Morgan fingerprint density at radius 1 is 1.07 bits per heavy atom. The monoisotopic (exact) mass is 571 g/mol. The highest BCUT2D eigenvalue weighted by Gasteiger charge is 2.27. The van der Waals surface area contributed by atoms with Crippen LogP contribution in [0.5, 0.6) is 0 Å². The second kappa shape index (κ2) is 11.6. The van der Waals surface area contributed by atoms with Crippen LogP contribution in [-0.4, -0.2) is 38.4 Å². The molecule has 6 rings (SSSR count). The first kappa shape index (κ1) is 27.5. The quantitative estimate of drug-likeness (QED) is 0.338. The molecule has 1 aromatic carbocycles. The first-order valence-electron chi connectivity index (χ1n) is 14.6. The van der Waals surface area contributed by atoms with E-state index in [0.717, 1.165) is 64.9 Å². The minimum atomic E-state index is -0.998. The van der Waals surface area contributed by atoms with Gasteiger partial charge in [-0.1, -0.05) is 48.7 Å². The fourth-order valence-corrected chi connectivity index (χ4v) is 6.39. The van der Waals surface area contributed by atoms with Crippen molar-refractivity contribution in [3.8, 4) is 0 Å². The topological polar surface area (TPSA) is 103 Å². The Balaban J connectivity index is 1.16. The Morgan fingerprint density at radius 2 is 1.88 bits per heavy atom. The lowest BCUT2D eigenvalue weighted by molar-refractivity contribution is -0.132. The summed E-state index contributed by atoms with van der Waals surface area (Å²) in [5.41, 5.74) is 6.39. The van der Waals surface area contributed by atoms with E-state index in [1.807, 2.05) is 30.3 Å². The van der Waals surface area contributed by atoms with Crippen molar-refractivity contribution in [3.63, 3.8) is 0 Å². The van der Waals surface area contributed by atoms with Crippen molar-refractivity contribution < 1.29 is 14.7 Å². The number of H-pyrrole nitrogens is 1. The number of fused-ring (bicyclic) bond motifs is 1. The predicted octanol–water partition coefficient (Wildman–Crippen LogP) is 6.14. The molecule has 0 radical (unpaired) electrons. The van der Waals surface area contributed by atoms with Gasteiger partial charge in [-0.2, -0.15) is 0 Å². The van der Waals surface area contributed by atoms with E-state index in [1.165, 1.54) is 19.0 Å². The van der Waals surface area contributed by atoms with Gasteiger partial charge in [-0.05, 0) is 85.3 Å². The summed E-state index contributed by atoms with van der Waals surface area (Å²) in [5, 5.41) is 9.81. The number of pyridine rings is 2. The molecule has 3 aromatic rings. The third-order valence-corrected chi connectivity index (χ3v) is 9.02. The van der Waals surface area contributed by atoms with Crippen molar-refractivity contribution in [2.24, 2.45) is 5.92 Å². The molecule has 2 N–H and O–H groups in total. The zero-order chi connectivity index (χ0) is 28.5. The van der Waals surface area contributed by atoms with Crippen molar-refractivity contribution >= 4 is 29.1 Å². The normalized spacial score (nSPS) is 17.5. The van der Waals surface area contributed by atoms with Gasteiger partial charge in [0.25, 0.3) is 5.56 Å². The lowest BCUT2D eigenvalue weighted by Crippen LogP contribution is -2.36. The number of aromatic amines is 1. The summed E-state index contributed by atoms with van der Waals surface area (Å²) in [6.45, 7) is 0.921. The van der Waals surface area contributed by atoms with Gasteiger partial charge in [0.15, 0.2) is 0 Å². The van der Waals surface area contributed by atoms with E-state index in [9.17, 15) is 19.5 Å². The number of aryl methyl sites for hydroxylation is 1. The molecular formula is C33H34ClN3O4. The number of carboxylic acids is 1. The van der Waals surface area contributed by atoms with E-state index in [4.69, 9.17) is 11.6 Å². The molecule has 2 aromatic heterocycles. The Bertz CT molecular complexity index is 1580. The molecule has 0 bridgehead atoms. The van der Waals surface area contributed by atoms with Gasteiger partial charge in [-0.3, -0.25) is 14.6 Å². The average molecular weight is 572 g/mol. The van der Waals surface area contributed by atoms with Crippen molar-refractivity contribution in [2.75, 3.05) is 6.54 Å². The molecule has 41 heavy (non-hydrogen) atoms. The van der Waals surface area contributed by atoms with E-state index in [0.29, 0.717) is 49.2 Å². The summed E-state index contributed by atoms with van der Waals surface area (Å²) in [6, 6.07) is 11.7. The zero-order valence-corrected chi connectivity index (χ0v) is 23.8. The number of nitrogens with one attached hydrogen (secondary N) is 1. The smallest absolute Gasteiger partial charge is 0.337 e. The van der Waals surface area contributed by atoms with Gasteiger partial charge >= 0.3 is 5.97 Å². The SMILES string of the molecule is O=C(O)c1cnc2c(c1)CCN(C(=O)CCc1ccc(/C(=C\C3CCCC3)c3ccc(C4CC4)c(=O)[nH]3)cc1Cl)C2. The molecule has 0 saturated heterocycles. The molecule has 1 amide bonds. The Kier molecular flexibility index (Phi) is 7.80. The maximum Gasteiger partial charge on any atom is 0.337 e. The molecule has 1 aliphatic heterocycles. The summed E-state index contributed by atoms with van der Waals surface area (Å²) >= 11 is 6.78. The number of aromatic carboxylic acids is 1. The molecule has 212 valence electrons. The molecule has 0 spiro atoms. The van der Waals surface area contributed by atoms with Gasteiger partial charge < -0.3 is 15.0 Å². The predicted molar refractivity (Wildman–Crippen MR) is 158 cm³/mol. The number of carbonyl (C=O) groups excluding carboxylic acids is 1. The molecule has 7 nitrogen and oxygen atoms in total. The largest absolute Gasteiger partial charge is 0.478 e. The van der Waals surface area contributed by atoms with E-state index in [1.54, 1.807) is 11.0 Å². The number of amides is 1. The molecule has 3 heterocycles. The number of nitrogens with zero attached hydrogens (tertiary/aromatic N) is 2. The van der Waals surface area contributed by atoms with Gasteiger partial charge in [-0.15, -0.1) is 0 Å². The molecule has 2 aliphatic carbocycles. The minimum Gasteiger partial charge on any atom is -0.478 e. The van der Waals surface area contributed by atoms with Gasteiger partial charge in [-0.25, -0.2) is 4.79 Å². The number of halogens is 1. The molecule has 8 heteroatoms. The summed E-state index contributed by atoms with van der Waals surface area (Å²) in [5.74, 6) is -0.0996. The molecule has 3 aliphatic rings. The Morgan fingerprint density at radius 3 is 2.59 bits per heavy atom. The number of benzene rings is 1.